The van der Waals surface area contributed by atoms with Gasteiger partial charge in [0.05, 0.1) is 12.0 Å². The van der Waals surface area contributed by atoms with Crippen molar-refractivity contribution >= 4 is 27.5 Å². The first kappa shape index (κ1) is 12.2. The highest BCUT2D eigenvalue weighted by Crippen LogP contribution is 2.34. The smallest absolute Gasteiger partial charge is 0.232 e. The van der Waals surface area contributed by atoms with Crippen LogP contribution in [0.1, 0.15) is 24.8 Å². The number of rotatable bonds is 1. The number of aliphatic hydroxyl groups is 1. The molecule has 3 rings (SSSR count). The molecule has 0 aromatic heterocycles. The van der Waals surface area contributed by atoms with Crippen LogP contribution in [0.3, 0.4) is 0 Å². The van der Waals surface area contributed by atoms with Crippen LogP contribution >= 0.6 is 15.9 Å². The molecule has 1 fully saturated rings. The molecule has 0 saturated heterocycles. The Hall–Kier alpha value is -0.870. The molecule has 96 valence electrons. The lowest BCUT2D eigenvalue weighted by Gasteiger charge is -2.23. The zero-order valence-corrected chi connectivity index (χ0v) is 11.7. The van der Waals surface area contributed by atoms with Gasteiger partial charge in [0.1, 0.15) is 0 Å². The lowest BCUT2D eigenvalue weighted by atomic mass is 10.0. The second kappa shape index (κ2) is 4.67. The van der Waals surface area contributed by atoms with Crippen LogP contribution in [0.4, 0.5) is 5.69 Å². The maximum Gasteiger partial charge on any atom is 0.232 e. The molecule has 2 unspecified atom stereocenters. The summed E-state index contributed by atoms with van der Waals surface area (Å²) in [5.74, 6) is -0.0966. The van der Waals surface area contributed by atoms with E-state index in [1.165, 1.54) is 5.56 Å². The number of aliphatic hydroxyl groups excluding tert-OH is 1. The molecule has 1 aliphatic heterocycles. The minimum Gasteiger partial charge on any atom is -0.392 e. The van der Waals surface area contributed by atoms with Crippen molar-refractivity contribution in [2.75, 3.05) is 11.4 Å². The summed E-state index contributed by atoms with van der Waals surface area (Å²) in [5.41, 5.74) is 2.23. The van der Waals surface area contributed by atoms with Crippen molar-refractivity contribution < 1.29 is 9.90 Å². The van der Waals surface area contributed by atoms with Gasteiger partial charge in [-0.2, -0.15) is 0 Å². The lowest BCUT2D eigenvalue weighted by Crippen LogP contribution is -2.38. The predicted molar refractivity (Wildman–Crippen MR) is 73.5 cm³/mol. The van der Waals surface area contributed by atoms with Crippen molar-refractivity contribution in [1.29, 1.82) is 0 Å². The summed E-state index contributed by atoms with van der Waals surface area (Å²) in [6.45, 7) is 0.744. The van der Waals surface area contributed by atoms with Crippen molar-refractivity contribution in [3.05, 3.63) is 28.2 Å². The molecule has 1 saturated carbocycles. The van der Waals surface area contributed by atoms with Gasteiger partial charge in [0.2, 0.25) is 5.91 Å². The second-order valence-electron chi connectivity index (χ2n) is 5.12. The predicted octanol–water partition coefficient (Wildman–Crippen LogP) is 2.50. The van der Waals surface area contributed by atoms with Crippen LogP contribution in [0.2, 0.25) is 0 Å². The molecule has 1 aliphatic carbocycles. The van der Waals surface area contributed by atoms with E-state index >= 15 is 0 Å². The number of benzene rings is 1. The summed E-state index contributed by atoms with van der Waals surface area (Å²) in [7, 11) is 0. The first-order valence-electron chi connectivity index (χ1n) is 6.44. The Kier molecular flexibility index (Phi) is 3.16. The van der Waals surface area contributed by atoms with E-state index in [1.54, 1.807) is 0 Å². The second-order valence-corrected chi connectivity index (χ2v) is 6.03. The minimum absolute atomic E-state index is 0.0982. The number of hydrogen-bond acceptors (Lipinski definition) is 2. The van der Waals surface area contributed by atoms with Gasteiger partial charge >= 0.3 is 0 Å². The number of carbonyl (C=O) groups is 1. The van der Waals surface area contributed by atoms with Crippen LogP contribution in [0.5, 0.6) is 0 Å². The molecular formula is C14H16BrNO2. The highest BCUT2D eigenvalue weighted by Gasteiger charge is 2.36. The standard InChI is InChI=1S/C14H16BrNO2/c15-10-4-5-12-9(8-10)6-7-16(12)14(18)11-2-1-3-13(11)17/h4-5,8,11,13,17H,1-3,6-7H2. The van der Waals surface area contributed by atoms with E-state index in [2.05, 4.69) is 22.0 Å². The normalized spacial score (nSPS) is 26.4. The van der Waals surface area contributed by atoms with E-state index in [1.807, 2.05) is 17.0 Å². The van der Waals surface area contributed by atoms with Crippen LogP contribution < -0.4 is 4.90 Å². The largest absolute Gasteiger partial charge is 0.392 e. The average molecular weight is 310 g/mol. The number of anilines is 1. The topological polar surface area (TPSA) is 40.5 Å². The summed E-state index contributed by atoms with van der Waals surface area (Å²) in [4.78, 5) is 14.3. The van der Waals surface area contributed by atoms with Gasteiger partial charge in [-0.3, -0.25) is 4.79 Å². The molecule has 3 nitrogen and oxygen atoms in total. The molecule has 1 amide bonds. The zero-order chi connectivity index (χ0) is 12.7. The van der Waals surface area contributed by atoms with Crippen molar-refractivity contribution in [2.24, 2.45) is 5.92 Å². The molecule has 4 heteroatoms. The third-order valence-electron chi connectivity index (χ3n) is 4.00. The molecule has 1 N–H and O–H groups in total. The number of carbonyl (C=O) groups excluding carboxylic acids is 1. The molecule has 1 aromatic rings. The summed E-state index contributed by atoms with van der Waals surface area (Å²) >= 11 is 3.45. The first-order chi connectivity index (χ1) is 8.66. The third kappa shape index (κ3) is 1.97. The molecule has 0 bridgehead atoms. The first-order valence-corrected chi connectivity index (χ1v) is 7.24. The van der Waals surface area contributed by atoms with Crippen LogP contribution in [-0.2, 0) is 11.2 Å². The fraction of sp³-hybridized carbons (Fsp3) is 0.500. The molecule has 2 atom stereocenters. The number of halogens is 1. The van der Waals surface area contributed by atoms with Crippen molar-refractivity contribution in [3.63, 3.8) is 0 Å². The molecular weight excluding hydrogens is 294 g/mol. The number of nitrogens with zero attached hydrogens (tertiary/aromatic N) is 1. The summed E-state index contributed by atoms with van der Waals surface area (Å²) in [5, 5.41) is 9.86. The Morgan fingerprint density at radius 3 is 2.94 bits per heavy atom. The van der Waals surface area contributed by atoms with Crippen LogP contribution in [-0.4, -0.2) is 23.7 Å². The fourth-order valence-corrected chi connectivity index (χ4v) is 3.44. The van der Waals surface area contributed by atoms with E-state index in [-0.39, 0.29) is 11.8 Å². The molecule has 2 aliphatic rings. The van der Waals surface area contributed by atoms with Crippen LogP contribution in [0.25, 0.3) is 0 Å². The molecule has 0 radical (unpaired) electrons. The molecule has 1 heterocycles. The van der Waals surface area contributed by atoms with Gasteiger partial charge in [-0.1, -0.05) is 15.9 Å². The summed E-state index contributed by atoms with van der Waals surface area (Å²) < 4.78 is 1.05. The van der Waals surface area contributed by atoms with Crippen LogP contribution in [0, 0.1) is 5.92 Å². The third-order valence-corrected chi connectivity index (χ3v) is 4.49. The number of amides is 1. The van der Waals surface area contributed by atoms with E-state index in [0.717, 1.165) is 42.4 Å². The highest BCUT2D eigenvalue weighted by atomic mass is 79.9. The Morgan fingerprint density at radius 1 is 1.39 bits per heavy atom. The van der Waals surface area contributed by atoms with Gasteiger partial charge < -0.3 is 10.0 Å². The van der Waals surface area contributed by atoms with Gasteiger partial charge in [-0.05, 0) is 49.4 Å². The Labute approximate surface area is 115 Å². The summed E-state index contributed by atoms with van der Waals surface area (Å²) in [6, 6.07) is 6.04. The monoisotopic (exact) mass is 309 g/mol. The minimum atomic E-state index is -0.447. The van der Waals surface area contributed by atoms with E-state index in [4.69, 9.17) is 0 Å². The maximum atomic E-state index is 12.5. The van der Waals surface area contributed by atoms with Gasteiger partial charge in [-0.25, -0.2) is 0 Å². The zero-order valence-electron chi connectivity index (χ0n) is 10.1. The Morgan fingerprint density at radius 2 is 2.22 bits per heavy atom. The number of hydrogen-bond donors (Lipinski definition) is 1. The molecule has 0 spiro atoms. The van der Waals surface area contributed by atoms with Crippen molar-refractivity contribution in [3.8, 4) is 0 Å². The van der Waals surface area contributed by atoms with E-state index in [9.17, 15) is 9.90 Å². The van der Waals surface area contributed by atoms with Gasteiger partial charge in [0.15, 0.2) is 0 Å². The van der Waals surface area contributed by atoms with Crippen molar-refractivity contribution in [2.45, 2.75) is 31.8 Å². The van der Waals surface area contributed by atoms with Gasteiger partial charge in [-0.15, -0.1) is 0 Å². The van der Waals surface area contributed by atoms with Gasteiger partial charge in [0, 0.05) is 16.7 Å². The highest BCUT2D eigenvalue weighted by molar-refractivity contribution is 9.10. The molecule has 18 heavy (non-hydrogen) atoms. The fourth-order valence-electron chi connectivity index (χ4n) is 3.03. The van der Waals surface area contributed by atoms with Crippen LogP contribution in [0.15, 0.2) is 22.7 Å². The number of fused-ring (bicyclic) bond motifs is 1. The van der Waals surface area contributed by atoms with E-state index < -0.39 is 6.10 Å². The van der Waals surface area contributed by atoms with E-state index in [0.29, 0.717) is 0 Å². The van der Waals surface area contributed by atoms with Crippen molar-refractivity contribution in [1.82, 2.24) is 0 Å². The quantitative estimate of drug-likeness (QED) is 0.866. The summed E-state index contributed by atoms with van der Waals surface area (Å²) in [6.07, 6.45) is 3.00. The van der Waals surface area contributed by atoms with Gasteiger partial charge in [0.25, 0.3) is 0 Å². The SMILES string of the molecule is O=C(C1CCCC1O)N1CCc2cc(Br)ccc21. The Balaban J connectivity index is 1.85. The average Bonchev–Trinajstić information content (AvgIpc) is 2.94. The lowest BCUT2D eigenvalue weighted by molar-refractivity contribution is -0.124. The molecule has 1 aromatic carbocycles. The maximum absolute atomic E-state index is 12.5. The Bertz CT molecular complexity index is 489.